The maximum atomic E-state index is 13.1. The molecule has 1 fully saturated rings. The van der Waals surface area contributed by atoms with Gasteiger partial charge in [-0.15, -0.1) is 0 Å². The van der Waals surface area contributed by atoms with E-state index in [0.717, 1.165) is 58.6 Å². The molecule has 34 heavy (non-hydrogen) atoms. The molecule has 1 amide bonds. The second kappa shape index (κ2) is 9.72. The number of likely N-dealkylation sites (tertiary alicyclic amines) is 1. The van der Waals surface area contributed by atoms with E-state index < -0.39 is 0 Å². The van der Waals surface area contributed by atoms with Gasteiger partial charge in [-0.3, -0.25) is 14.3 Å². The number of rotatable bonds is 5. The van der Waals surface area contributed by atoms with E-state index in [1.807, 2.05) is 12.1 Å². The number of carbonyl (C=O) groups excluding carboxylic acids is 1. The van der Waals surface area contributed by atoms with Crippen molar-refractivity contribution in [2.24, 2.45) is 5.92 Å². The number of anilines is 1. The Bertz CT molecular complexity index is 1330. The molecule has 0 aliphatic carbocycles. The van der Waals surface area contributed by atoms with Crippen LogP contribution in [0.5, 0.6) is 0 Å². The molecule has 1 aliphatic heterocycles. The quantitative estimate of drug-likeness (QED) is 0.340. The zero-order chi connectivity index (χ0) is 23.7. The first-order valence-corrected chi connectivity index (χ1v) is 12.6. The van der Waals surface area contributed by atoms with Crippen molar-refractivity contribution >= 4 is 38.6 Å². The van der Waals surface area contributed by atoms with Crippen molar-refractivity contribution in [2.75, 3.05) is 18.4 Å². The maximum absolute atomic E-state index is 13.1. The molecule has 0 radical (unpaired) electrons. The Hall–Kier alpha value is -2.96. The molecule has 3 aromatic carbocycles. The van der Waals surface area contributed by atoms with Crippen LogP contribution in [0.15, 0.2) is 71.2 Å². The number of halogens is 1. The molecule has 6 heteroatoms. The van der Waals surface area contributed by atoms with E-state index in [0.29, 0.717) is 6.54 Å². The summed E-state index contributed by atoms with van der Waals surface area (Å²) in [4.78, 5) is 20.4. The predicted octanol–water partition coefficient (Wildman–Crippen LogP) is 6.26. The van der Waals surface area contributed by atoms with Gasteiger partial charge in [-0.1, -0.05) is 34.1 Å². The zero-order valence-electron chi connectivity index (χ0n) is 19.6. The molecule has 1 saturated heterocycles. The van der Waals surface area contributed by atoms with Crippen LogP contribution in [0, 0.1) is 19.8 Å². The molecule has 0 spiro atoms. The molecule has 0 saturated carbocycles. The van der Waals surface area contributed by atoms with Gasteiger partial charge in [0.15, 0.2) is 0 Å². The number of hydrogen-bond donors (Lipinski definition) is 1. The number of aromatic nitrogens is 2. The van der Waals surface area contributed by atoms with E-state index in [9.17, 15) is 4.79 Å². The van der Waals surface area contributed by atoms with Crippen molar-refractivity contribution in [1.29, 1.82) is 0 Å². The fourth-order valence-corrected chi connectivity index (χ4v) is 5.00. The second-order valence-corrected chi connectivity index (χ2v) is 10.1. The summed E-state index contributed by atoms with van der Waals surface area (Å²) in [5.74, 6) is 1.08. The molecule has 4 aromatic rings. The summed E-state index contributed by atoms with van der Waals surface area (Å²) in [7, 11) is 0. The molecule has 1 aromatic heterocycles. The first-order chi connectivity index (χ1) is 16.5. The highest BCUT2D eigenvalue weighted by Gasteiger charge is 2.27. The number of nitrogens with one attached hydrogen (secondary N) is 1. The van der Waals surface area contributed by atoms with Gasteiger partial charge in [0, 0.05) is 22.4 Å². The van der Waals surface area contributed by atoms with Crippen LogP contribution >= 0.6 is 15.9 Å². The van der Waals surface area contributed by atoms with Crippen molar-refractivity contribution in [3.05, 3.63) is 88.2 Å². The number of amides is 1. The Morgan fingerprint density at radius 2 is 1.85 bits per heavy atom. The lowest BCUT2D eigenvalue weighted by Gasteiger charge is -2.31. The molecule has 1 aliphatic rings. The van der Waals surface area contributed by atoms with Crippen molar-refractivity contribution in [2.45, 2.75) is 33.2 Å². The van der Waals surface area contributed by atoms with Crippen molar-refractivity contribution in [3.8, 4) is 5.69 Å². The minimum atomic E-state index is -0.0270. The summed E-state index contributed by atoms with van der Waals surface area (Å²) in [6.45, 7) is 6.57. The summed E-state index contributed by atoms with van der Waals surface area (Å²) in [5, 5.41) is 3.14. The van der Waals surface area contributed by atoms with Gasteiger partial charge in [-0.05, 0) is 92.9 Å². The van der Waals surface area contributed by atoms with Gasteiger partial charge in [0.05, 0.1) is 23.5 Å². The molecule has 174 valence electrons. The lowest BCUT2D eigenvalue weighted by molar-refractivity contribution is -0.121. The standard InChI is InChI=1S/C28H29BrN4O/c1-19-9-12-23(16-20(19)2)30-28(34)21-6-5-15-32(17-21)18-27-31-25-7-3-4-8-26(25)33(27)24-13-10-22(29)11-14-24/h3-4,7-14,16,21H,5-6,15,17-18H2,1-2H3,(H,30,34)/t21-/m0/s1. The van der Waals surface area contributed by atoms with Crippen LogP contribution in [-0.4, -0.2) is 33.4 Å². The predicted molar refractivity (Wildman–Crippen MR) is 141 cm³/mol. The van der Waals surface area contributed by atoms with Gasteiger partial charge in [-0.2, -0.15) is 0 Å². The summed E-state index contributed by atoms with van der Waals surface area (Å²) < 4.78 is 3.29. The first kappa shape index (κ1) is 22.8. The molecular weight excluding hydrogens is 488 g/mol. The third-order valence-electron chi connectivity index (χ3n) is 6.73. The number of aryl methyl sites for hydroxylation is 2. The van der Waals surface area contributed by atoms with Gasteiger partial charge >= 0.3 is 0 Å². The topological polar surface area (TPSA) is 50.2 Å². The fourth-order valence-electron chi connectivity index (χ4n) is 4.74. The average molecular weight is 517 g/mol. The van der Waals surface area contributed by atoms with Crippen LogP contribution in [0.1, 0.15) is 29.8 Å². The van der Waals surface area contributed by atoms with Crippen molar-refractivity contribution < 1.29 is 4.79 Å². The molecule has 1 N–H and O–H groups in total. The number of carbonyl (C=O) groups is 1. The SMILES string of the molecule is Cc1ccc(NC(=O)[C@H]2CCCN(Cc3nc4ccccc4n3-c3ccc(Br)cc3)C2)cc1C. The minimum absolute atomic E-state index is 0.0270. The van der Waals surface area contributed by atoms with Crippen LogP contribution in [0.3, 0.4) is 0 Å². The van der Waals surface area contributed by atoms with E-state index >= 15 is 0 Å². The van der Waals surface area contributed by atoms with E-state index in [-0.39, 0.29) is 11.8 Å². The summed E-state index contributed by atoms with van der Waals surface area (Å²) in [6.07, 6.45) is 1.92. The average Bonchev–Trinajstić information content (AvgIpc) is 3.20. The summed E-state index contributed by atoms with van der Waals surface area (Å²) in [5.41, 5.74) is 6.47. The van der Waals surface area contributed by atoms with Crippen LogP contribution in [0.25, 0.3) is 16.7 Å². The van der Waals surface area contributed by atoms with Crippen LogP contribution < -0.4 is 5.32 Å². The second-order valence-electron chi connectivity index (χ2n) is 9.19. The Kier molecular flexibility index (Phi) is 6.53. The normalized spacial score (nSPS) is 16.6. The number of para-hydroxylation sites is 2. The van der Waals surface area contributed by atoms with Gasteiger partial charge in [0.2, 0.25) is 5.91 Å². The molecule has 5 rings (SSSR count). The lowest BCUT2D eigenvalue weighted by atomic mass is 9.97. The number of piperidine rings is 1. The van der Waals surface area contributed by atoms with Crippen LogP contribution in [0.2, 0.25) is 0 Å². The number of fused-ring (bicyclic) bond motifs is 1. The van der Waals surface area contributed by atoms with Gasteiger partial charge in [0.25, 0.3) is 0 Å². The summed E-state index contributed by atoms with van der Waals surface area (Å²) in [6, 6.07) is 22.7. The van der Waals surface area contributed by atoms with Crippen LogP contribution in [0.4, 0.5) is 5.69 Å². The maximum Gasteiger partial charge on any atom is 0.228 e. The highest BCUT2D eigenvalue weighted by molar-refractivity contribution is 9.10. The van der Waals surface area contributed by atoms with E-state index in [4.69, 9.17) is 4.98 Å². The van der Waals surface area contributed by atoms with Crippen molar-refractivity contribution in [1.82, 2.24) is 14.5 Å². The molecule has 1 atom stereocenters. The molecule has 5 nitrogen and oxygen atoms in total. The van der Waals surface area contributed by atoms with Gasteiger partial charge in [-0.25, -0.2) is 4.98 Å². The third-order valence-corrected chi connectivity index (χ3v) is 7.26. The van der Waals surface area contributed by atoms with E-state index in [1.165, 1.54) is 11.1 Å². The summed E-state index contributed by atoms with van der Waals surface area (Å²) >= 11 is 3.54. The molecule has 0 bridgehead atoms. The first-order valence-electron chi connectivity index (χ1n) is 11.8. The zero-order valence-corrected chi connectivity index (χ0v) is 21.2. The Morgan fingerprint density at radius 3 is 2.65 bits per heavy atom. The molecule has 0 unspecified atom stereocenters. The largest absolute Gasteiger partial charge is 0.326 e. The number of benzene rings is 3. The minimum Gasteiger partial charge on any atom is -0.326 e. The highest BCUT2D eigenvalue weighted by atomic mass is 79.9. The smallest absolute Gasteiger partial charge is 0.228 e. The lowest BCUT2D eigenvalue weighted by Crippen LogP contribution is -2.40. The fraction of sp³-hybridized carbons (Fsp3) is 0.286. The number of nitrogens with zero attached hydrogens (tertiary/aromatic N) is 3. The Labute approximate surface area is 208 Å². The van der Waals surface area contributed by atoms with Crippen LogP contribution in [-0.2, 0) is 11.3 Å². The number of hydrogen-bond acceptors (Lipinski definition) is 3. The third kappa shape index (κ3) is 4.79. The van der Waals surface area contributed by atoms with Crippen molar-refractivity contribution in [3.63, 3.8) is 0 Å². The van der Waals surface area contributed by atoms with E-state index in [1.54, 1.807) is 0 Å². The van der Waals surface area contributed by atoms with Gasteiger partial charge in [0.1, 0.15) is 5.82 Å². The van der Waals surface area contributed by atoms with E-state index in [2.05, 4.69) is 99.2 Å². The molecular formula is C28H29BrN4O. The number of imidazole rings is 1. The monoisotopic (exact) mass is 516 g/mol. The Balaban J connectivity index is 1.35. The highest BCUT2D eigenvalue weighted by Crippen LogP contribution is 2.26. The van der Waals surface area contributed by atoms with Gasteiger partial charge < -0.3 is 5.32 Å². The Morgan fingerprint density at radius 1 is 1.06 bits per heavy atom. The molecule has 2 heterocycles.